The van der Waals surface area contributed by atoms with Crippen molar-refractivity contribution in [1.29, 1.82) is 0 Å². The molecule has 3 atom stereocenters. The van der Waals surface area contributed by atoms with Crippen molar-refractivity contribution in [1.82, 2.24) is 4.90 Å². The summed E-state index contributed by atoms with van der Waals surface area (Å²) in [5, 5.41) is 33.8. The second kappa shape index (κ2) is 12.2. The van der Waals surface area contributed by atoms with E-state index in [1.165, 1.54) is 11.1 Å². The molecule has 2 heterocycles. The van der Waals surface area contributed by atoms with Gasteiger partial charge in [0.15, 0.2) is 17.1 Å². The van der Waals surface area contributed by atoms with Gasteiger partial charge in [-0.15, -0.1) is 0 Å². The van der Waals surface area contributed by atoms with Crippen LogP contribution < -0.4 is 9.47 Å². The molecule has 12 nitrogen and oxygen atoms in total. The van der Waals surface area contributed by atoms with Crippen LogP contribution in [0.1, 0.15) is 47.2 Å². The number of carboxylic acid groups (broad SMARTS) is 3. The third-order valence-corrected chi connectivity index (χ3v) is 7.68. The fourth-order valence-electron chi connectivity index (χ4n) is 5.65. The lowest BCUT2D eigenvalue weighted by molar-refractivity contribution is -0.170. The van der Waals surface area contributed by atoms with Gasteiger partial charge in [0.2, 0.25) is 0 Å². The number of benzene rings is 2. The Morgan fingerprint density at radius 2 is 1.71 bits per heavy atom. The second-order valence-corrected chi connectivity index (χ2v) is 10.6. The Hall–Kier alpha value is -4.42. The monoisotopic (exact) mass is 583 g/mol. The highest BCUT2D eigenvalue weighted by molar-refractivity contribution is 5.89. The van der Waals surface area contributed by atoms with E-state index in [9.17, 15) is 19.2 Å². The van der Waals surface area contributed by atoms with E-state index in [1.807, 2.05) is 30.3 Å². The molecule has 0 aromatic heterocycles. The van der Waals surface area contributed by atoms with E-state index < -0.39 is 36.4 Å². The molecule has 1 aliphatic carbocycles. The van der Waals surface area contributed by atoms with Crippen molar-refractivity contribution in [2.75, 3.05) is 20.7 Å². The summed E-state index contributed by atoms with van der Waals surface area (Å²) in [4.78, 5) is 45.3. The molecule has 0 saturated carbocycles. The summed E-state index contributed by atoms with van der Waals surface area (Å²) in [7, 11) is 3.83. The summed E-state index contributed by atoms with van der Waals surface area (Å²) in [6, 6.07) is 13.3. The zero-order valence-corrected chi connectivity index (χ0v) is 23.2. The molecule has 0 amide bonds. The van der Waals surface area contributed by atoms with Gasteiger partial charge in [-0.2, -0.15) is 0 Å². The topological polar surface area (TPSA) is 180 Å². The highest BCUT2D eigenvalue weighted by atomic mass is 16.6. The van der Waals surface area contributed by atoms with E-state index in [4.69, 9.17) is 34.6 Å². The van der Waals surface area contributed by atoms with Gasteiger partial charge in [-0.05, 0) is 49.9 Å². The highest BCUT2D eigenvalue weighted by Gasteiger charge is 2.53. The van der Waals surface area contributed by atoms with Crippen LogP contribution in [-0.4, -0.2) is 87.7 Å². The van der Waals surface area contributed by atoms with E-state index in [0.29, 0.717) is 12.0 Å². The van der Waals surface area contributed by atoms with Crippen LogP contribution in [0.5, 0.6) is 11.5 Å². The van der Waals surface area contributed by atoms with Gasteiger partial charge < -0.3 is 39.5 Å². The molecule has 1 spiro atoms. The molecule has 0 saturated heterocycles. The second-order valence-electron chi connectivity index (χ2n) is 10.6. The van der Waals surface area contributed by atoms with Gasteiger partial charge in [-0.1, -0.05) is 30.3 Å². The van der Waals surface area contributed by atoms with Gasteiger partial charge in [0.05, 0.1) is 30.9 Å². The third-order valence-electron chi connectivity index (χ3n) is 7.68. The summed E-state index contributed by atoms with van der Waals surface area (Å²) < 4.78 is 17.9. The van der Waals surface area contributed by atoms with Crippen LogP contribution >= 0.6 is 0 Å². The van der Waals surface area contributed by atoms with Gasteiger partial charge in [0.1, 0.15) is 12.2 Å². The Labute approximate surface area is 241 Å². The first-order chi connectivity index (χ1) is 19.9. The zero-order valence-electron chi connectivity index (χ0n) is 23.2. The number of esters is 1. The Bertz CT molecular complexity index is 1370. The average molecular weight is 584 g/mol. The summed E-state index contributed by atoms with van der Waals surface area (Å²) in [6.07, 6.45) is 3.21. The number of hydrogen-bond acceptors (Lipinski definition) is 9. The molecule has 2 aromatic rings. The zero-order chi connectivity index (χ0) is 30.7. The minimum atomic E-state index is -2.74. The quantitative estimate of drug-likeness (QED) is 0.264. The van der Waals surface area contributed by atoms with Crippen molar-refractivity contribution in [2.24, 2.45) is 0 Å². The van der Waals surface area contributed by atoms with Crippen molar-refractivity contribution in [2.45, 2.75) is 55.5 Å². The molecule has 0 radical (unpaired) electrons. The molecule has 224 valence electrons. The van der Waals surface area contributed by atoms with Crippen molar-refractivity contribution < 1.29 is 53.8 Å². The molecule has 2 aliphatic heterocycles. The standard InChI is InChI=1S/C24H25NO4.C6H8O7/c1-25-13-12-24-11-10-18(28-23(26)16-6-4-3-5-7-16)14-20(24)29-22-19(27-2)9-8-17(15-25)21(22)24;7-3(8)1-6(13,5(11)12)2-4(9)10/h3-11,18,20H,12-15H2,1-2H3;13H,1-2H2,(H,7,8)(H,9,10)(H,11,12). The number of nitrogens with zero attached hydrogens (tertiary/aromatic N) is 1. The van der Waals surface area contributed by atoms with Crippen LogP contribution in [0.3, 0.4) is 0 Å². The highest BCUT2D eigenvalue weighted by Crippen LogP contribution is 2.55. The molecular weight excluding hydrogens is 550 g/mol. The molecule has 3 aliphatic rings. The van der Waals surface area contributed by atoms with Crippen molar-refractivity contribution in [3.63, 3.8) is 0 Å². The fourth-order valence-corrected chi connectivity index (χ4v) is 5.65. The lowest BCUT2D eigenvalue weighted by atomic mass is 9.69. The summed E-state index contributed by atoms with van der Waals surface area (Å²) >= 11 is 0. The number of carboxylic acids is 3. The van der Waals surface area contributed by atoms with E-state index in [-0.39, 0.29) is 23.6 Å². The number of carbonyl (C=O) groups excluding carboxylic acids is 1. The van der Waals surface area contributed by atoms with Crippen LogP contribution in [-0.2, 0) is 31.1 Å². The van der Waals surface area contributed by atoms with E-state index in [1.54, 1.807) is 19.2 Å². The molecule has 42 heavy (non-hydrogen) atoms. The summed E-state index contributed by atoms with van der Waals surface area (Å²) in [6.45, 7) is 1.87. The van der Waals surface area contributed by atoms with E-state index in [0.717, 1.165) is 31.0 Å². The molecule has 4 N–H and O–H groups in total. The SMILES string of the molecule is COc1ccc2c3c1OC1CC(OC(=O)c4ccccc4)C=CC31CCN(C)C2.O=C(O)CC(O)(CC(=O)O)C(=O)O. The number of rotatable bonds is 8. The first-order valence-electron chi connectivity index (χ1n) is 13.3. The Morgan fingerprint density at radius 3 is 2.31 bits per heavy atom. The van der Waals surface area contributed by atoms with Crippen molar-refractivity contribution in [3.05, 3.63) is 71.3 Å². The molecule has 0 fully saturated rings. The lowest BCUT2D eigenvalue weighted by Gasteiger charge is -2.36. The van der Waals surface area contributed by atoms with Crippen LogP contribution in [0.2, 0.25) is 0 Å². The normalized spacial score (nSPS) is 22.3. The summed E-state index contributed by atoms with van der Waals surface area (Å²) in [5.41, 5.74) is 0.164. The molecule has 2 aromatic carbocycles. The number of aliphatic hydroxyl groups is 1. The molecule has 0 bridgehead atoms. The Kier molecular flexibility index (Phi) is 8.88. The number of hydrogen-bond donors (Lipinski definition) is 4. The third kappa shape index (κ3) is 6.24. The molecular formula is C30H33NO11. The van der Waals surface area contributed by atoms with Gasteiger partial charge in [0, 0.05) is 18.5 Å². The molecule has 3 unspecified atom stereocenters. The Balaban J connectivity index is 0.000000266. The van der Waals surface area contributed by atoms with Gasteiger partial charge in [-0.3, -0.25) is 9.59 Å². The average Bonchev–Trinajstić information content (AvgIpc) is 3.19. The maximum absolute atomic E-state index is 12.5. The fraction of sp³-hybridized carbons (Fsp3) is 0.400. The predicted octanol–water partition coefficient (Wildman–Crippen LogP) is 2.47. The van der Waals surface area contributed by atoms with Gasteiger partial charge in [0.25, 0.3) is 0 Å². The van der Waals surface area contributed by atoms with Crippen LogP contribution in [0, 0.1) is 0 Å². The maximum atomic E-state index is 12.5. The largest absolute Gasteiger partial charge is 0.493 e. The van der Waals surface area contributed by atoms with Crippen LogP contribution in [0.25, 0.3) is 0 Å². The molecule has 12 heteroatoms. The van der Waals surface area contributed by atoms with Crippen molar-refractivity contribution in [3.8, 4) is 11.5 Å². The predicted molar refractivity (Wildman–Crippen MR) is 147 cm³/mol. The lowest BCUT2D eigenvalue weighted by Crippen LogP contribution is -2.43. The number of methoxy groups -OCH3 is 1. The van der Waals surface area contributed by atoms with Crippen LogP contribution in [0.15, 0.2) is 54.6 Å². The maximum Gasteiger partial charge on any atom is 0.338 e. The minimum absolute atomic E-state index is 0.0716. The van der Waals surface area contributed by atoms with Gasteiger partial charge in [-0.25, -0.2) is 9.59 Å². The number of aliphatic carboxylic acids is 3. The number of ether oxygens (including phenoxy) is 3. The smallest absolute Gasteiger partial charge is 0.338 e. The van der Waals surface area contributed by atoms with E-state index in [2.05, 4.69) is 24.1 Å². The number of carbonyl (C=O) groups is 4. The summed E-state index contributed by atoms with van der Waals surface area (Å²) in [5.74, 6) is -3.70. The van der Waals surface area contributed by atoms with Crippen molar-refractivity contribution >= 4 is 23.9 Å². The first kappa shape index (κ1) is 30.5. The Morgan fingerprint density at radius 1 is 1.05 bits per heavy atom. The van der Waals surface area contributed by atoms with E-state index >= 15 is 0 Å². The van der Waals surface area contributed by atoms with Crippen LogP contribution in [0.4, 0.5) is 0 Å². The molecule has 5 rings (SSSR count). The first-order valence-corrected chi connectivity index (χ1v) is 13.3. The van der Waals surface area contributed by atoms with Gasteiger partial charge >= 0.3 is 23.9 Å². The minimum Gasteiger partial charge on any atom is -0.493 e.